The third-order valence-corrected chi connectivity index (χ3v) is 11.0. The number of rotatable bonds is 6. The van der Waals surface area contributed by atoms with E-state index in [0.29, 0.717) is 0 Å². The molecular weight excluding hydrogens is 759 g/mol. The zero-order valence-corrected chi connectivity index (χ0v) is 30.4. The van der Waals surface area contributed by atoms with Crippen LogP contribution < -0.4 is 0 Å². The summed E-state index contributed by atoms with van der Waals surface area (Å²) in [5.41, 5.74) is 15.8. The van der Waals surface area contributed by atoms with Gasteiger partial charge in [0.25, 0.3) is 0 Å². The van der Waals surface area contributed by atoms with Gasteiger partial charge in [0.1, 0.15) is 0 Å². The summed E-state index contributed by atoms with van der Waals surface area (Å²) in [6.07, 6.45) is 7.50. The molecule has 5 aromatic carbocycles. The topological polar surface area (TPSA) is 12.9 Å². The number of fused-ring (bicyclic) bond motifs is 3. The first-order valence-corrected chi connectivity index (χ1v) is 17.4. The van der Waals surface area contributed by atoms with Crippen LogP contribution in [-0.2, 0) is 20.1 Å². The largest absolute Gasteiger partial charge is 0.305 e. The molecule has 3 saturated carbocycles. The van der Waals surface area contributed by atoms with Crippen LogP contribution in [0.15, 0.2) is 128 Å². The molecule has 4 atom stereocenters. The number of aryl methyl sites for hydroxylation is 2. The van der Waals surface area contributed by atoms with Crippen molar-refractivity contribution < 1.29 is 20.1 Å². The van der Waals surface area contributed by atoms with Gasteiger partial charge in [-0.25, -0.2) is 0 Å². The molecule has 0 amide bonds. The Morgan fingerprint density at radius 1 is 0.583 bits per heavy atom. The van der Waals surface area contributed by atoms with E-state index in [1.165, 1.54) is 81.3 Å². The van der Waals surface area contributed by atoms with Crippen LogP contribution in [0, 0.1) is 37.7 Å². The molecule has 1 radical (unpaired) electrons. The molecule has 3 aliphatic carbocycles. The Balaban J connectivity index is 0.00000364. The summed E-state index contributed by atoms with van der Waals surface area (Å²) in [6.45, 7) is 6.82. The fourth-order valence-electron chi connectivity index (χ4n) is 8.63. The van der Waals surface area contributed by atoms with E-state index in [-0.39, 0.29) is 20.1 Å². The van der Waals surface area contributed by atoms with Crippen molar-refractivity contribution in [1.82, 2.24) is 4.98 Å². The molecule has 0 N–H and O–H groups in total. The van der Waals surface area contributed by atoms with E-state index in [9.17, 15) is 0 Å². The SMILES string of the molecule is Cc1cc(C)cc(-c2ccccc2-c2c[c-]c(-c3ccccn3)cc2-c2ccc(-c3ccc(C4CC5CCC4CC5C)cc3)cc2)c1.[Ir]. The van der Waals surface area contributed by atoms with E-state index in [2.05, 4.69) is 141 Å². The molecule has 6 aromatic rings. The summed E-state index contributed by atoms with van der Waals surface area (Å²) < 4.78 is 0. The molecule has 0 spiro atoms. The van der Waals surface area contributed by atoms with Gasteiger partial charge in [0.05, 0.1) is 0 Å². The first kappa shape index (κ1) is 32.4. The molecule has 48 heavy (non-hydrogen) atoms. The molecule has 3 aliphatic rings. The van der Waals surface area contributed by atoms with Crippen molar-refractivity contribution in [3.63, 3.8) is 0 Å². The first-order valence-electron chi connectivity index (χ1n) is 17.4. The van der Waals surface area contributed by atoms with Crippen molar-refractivity contribution in [3.05, 3.63) is 150 Å². The monoisotopic (exact) mass is 801 g/mol. The Labute approximate surface area is 299 Å². The molecule has 2 bridgehead atoms. The number of pyridine rings is 1. The molecule has 9 rings (SSSR count). The van der Waals surface area contributed by atoms with Gasteiger partial charge in [-0.2, -0.15) is 0 Å². The van der Waals surface area contributed by atoms with E-state index < -0.39 is 0 Å². The number of aromatic nitrogens is 1. The Kier molecular flexibility index (Phi) is 9.32. The summed E-state index contributed by atoms with van der Waals surface area (Å²) in [4.78, 5) is 4.65. The molecule has 0 aliphatic heterocycles. The summed E-state index contributed by atoms with van der Waals surface area (Å²) in [7, 11) is 0. The molecule has 1 heterocycles. The van der Waals surface area contributed by atoms with Crippen molar-refractivity contribution in [2.75, 3.05) is 0 Å². The molecule has 2 heteroatoms. The van der Waals surface area contributed by atoms with Crippen molar-refractivity contribution in [2.45, 2.75) is 52.4 Å². The normalized spacial score (nSPS) is 19.9. The molecule has 4 unspecified atom stereocenters. The van der Waals surface area contributed by atoms with Crippen molar-refractivity contribution >= 4 is 0 Å². The average Bonchev–Trinajstić information content (AvgIpc) is 3.12. The van der Waals surface area contributed by atoms with Crippen LogP contribution in [0.1, 0.15) is 55.2 Å². The zero-order chi connectivity index (χ0) is 31.9. The van der Waals surface area contributed by atoms with E-state index in [1.807, 2.05) is 18.3 Å². The van der Waals surface area contributed by atoms with Gasteiger partial charge in [-0.3, -0.25) is 0 Å². The smallest absolute Gasteiger partial charge is 0.0160 e. The second-order valence-corrected chi connectivity index (χ2v) is 14.2. The van der Waals surface area contributed by atoms with Crippen molar-refractivity contribution in [3.8, 4) is 55.8 Å². The maximum absolute atomic E-state index is 4.65. The number of nitrogens with zero attached hydrogens (tertiary/aromatic N) is 1. The Morgan fingerprint density at radius 3 is 1.88 bits per heavy atom. The quantitative estimate of drug-likeness (QED) is 0.153. The van der Waals surface area contributed by atoms with E-state index in [4.69, 9.17) is 0 Å². The van der Waals surface area contributed by atoms with Gasteiger partial charge in [0.2, 0.25) is 0 Å². The fraction of sp³-hybridized carbons (Fsp3) is 0.239. The minimum Gasteiger partial charge on any atom is -0.305 e. The molecular formula is C46H42IrN-. The average molecular weight is 801 g/mol. The zero-order valence-electron chi connectivity index (χ0n) is 28.0. The van der Waals surface area contributed by atoms with E-state index >= 15 is 0 Å². The number of hydrogen-bond acceptors (Lipinski definition) is 1. The Morgan fingerprint density at radius 2 is 1.23 bits per heavy atom. The fourth-order valence-corrected chi connectivity index (χ4v) is 8.63. The minimum atomic E-state index is 0. The summed E-state index contributed by atoms with van der Waals surface area (Å²) in [6, 6.07) is 48.3. The number of benzene rings is 5. The van der Waals surface area contributed by atoms with Crippen LogP contribution in [0.5, 0.6) is 0 Å². The van der Waals surface area contributed by atoms with Crippen molar-refractivity contribution in [1.29, 1.82) is 0 Å². The molecule has 0 saturated heterocycles. The predicted molar refractivity (Wildman–Crippen MR) is 197 cm³/mol. The molecule has 1 aromatic heterocycles. The van der Waals surface area contributed by atoms with Gasteiger partial charge < -0.3 is 4.98 Å². The van der Waals surface area contributed by atoms with Gasteiger partial charge >= 0.3 is 0 Å². The van der Waals surface area contributed by atoms with E-state index in [1.54, 1.807) is 5.56 Å². The molecule has 3 fully saturated rings. The minimum absolute atomic E-state index is 0. The van der Waals surface area contributed by atoms with Gasteiger partial charge in [-0.1, -0.05) is 138 Å². The van der Waals surface area contributed by atoms with E-state index in [0.717, 1.165) is 34.9 Å². The Bertz CT molecular complexity index is 2010. The maximum atomic E-state index is 4.65. The van der Waals surface area contributed by atoms with Crippen LogP contribution in [-0.4, -0.2) is 4.98 Å². The maximum Gasteiger partial charge on any atom is 0.0160 e. The van der Waals surface area contributed by atoms with Gasteiger partial charge in [0.15, 0.2) is 0 Å². The second-order valence-electron chi connectivity index (χ2n) is 14.2. The van der Waals surface area contributed by atoms with Gasteiger partial charge in [-0.05, 0) is 108 Å². The third kappa shape index (κ3) is 6.37. The Hall–Kier alpha value is -4.10. The summed E-state index contributed by atoms with van der Waals surface area (Å²) >= 11 is 0. The van der Waals surface area contributed by atoms with Crippen LogP contribution >= 0.6 is 0 Å². The van der Waals surface area contributed by atoms with Crippen molar-refractivity contribution in [2.24, 2.45) is 17.8 Å². The van der Waals surface area contributed by atoms with Gasteiger partial charge in [0, 0.05) is 26.3 Å². The first-order chi connectivity index (χ1) is 23.0. The molecule has 241 valence electrons. The summed E-state index contributed by atoms with van der Waals surface area (Å²) in [5.74, 6) is 3.44. The number of hydrogen-bond donors (Lipinski definition) is 0. The standard InChI is InChI=1S/C46H42N.Ir/c1-30-24-31(2)26-40(25-30)41-8-4-5-9-42(41)43-22-21-39(46-10-6-7-23-47-46)29-45(43)36-17-13-34(14-18-36)33-11-15-35(16-12-33)44-28-37-19-20-38(44)27-32(37)3;/h4-18,22-26,29,32,37-38,44H,19-20,27-28H2,1-3H3;/q-1;. The molecule has 1 nitrogen and oxygen atoms in total. The van der Waals surface area contributed by atoms with Crippen LogP contribution in [0.3, 0.4) is 0 Å². The van der Waals surface area contributed by atoms with Crippen LogP contribution in [0.2, 0.25) is 0 Å². The summed E-state index contributed by atoms with van der Waals surface area (Å²) in [5, 5.41) is 0. The van der Waals surface area contributed by atoms with Gasteiger partial charge in [-0.15, -0.1) is 23.8 Å². The van der Waals surface area contributed by atoms with Crippen LogP contribution in [0.4, 0.5) is 0 Å². The van der Waals surface area contributed by atoms with Crippen LogP contribution in [0.25, 0.3) is 55.8 Å². The predicted octanol–water partition coefficient (Wildman–Crippen LogP) is 12.4. The second kappa shape index (κ2) is 13.8. The third-order valence-electron chi connectivity index (χ3n) is 11.0.